The standard InChI is InChI=1S/C35H36ClF2N7O4/c1-33(2,3)49-32(47)44-19-35(38,20-44)21-48-24-12-26(31-22(14-39)15-42-45(31)18-24)28-16-41-30(17-40-28)43-9-7-34(4,8-10-43)13-29(46)25-11-23(37)5-6-27(25)36/h5-6,11-12,15-18H,7-10,13,19-21H2,1-4H3. The number of ketones is 1. The zero-order valence-electron chi connectivity index (χ0n) is 27.7. The SMILES string of the molecule is CC1(CC(=O)c2cc(F)ccc2Cl)CCN(c2cnc(-c3cc(OCC4(F)CN(C(=O)OC(C)(C)C)C4)cn4ncc(C#N)c34)cn2)CC1. The first-order valence-corrected chi connectivity index (χ1v) is 16.3. The predicted molar refractivity (Wildman–Crippen MR) is 178 cm³/mol. The third kappa shape index (κ3) is 7.44. The van der Waals surface area contributed by atoms with Gasteiger partial charge in [-0.05, 0) is 63.3 Å². The molecule has 2 aliphatic heterocycles. The van der Waals surface area contributed by atoms with Crippen LogP contribution in [0.2, 0.25) is 5.02 Å². The first kappa shape index (κ1) is 34.0. The van der Waals surface area contributed by atoms with Gasteiger partial charge < -0.3 is 19.3 Å². The summed E-state index contributed by atoms with van der Waals surface area (Å²) in [6.07, 6.45) is 7.35. The minimum absolute atomic E-state index is 0.155. The highest BCUT2D eigenvalue weighted by Gasteiger charge is 2.48. The molecule has 0 unspecified atom stereocenters. The smallest absolute Gasteiger partial charge is 0.410 e. The molecule has 2 fully saturated rings. The van der Waals surface area contributed by atoms with E-state index in [9.17, 15) is 19.2 Å². The molecule has 1 amide bonds. The van der Waals surface area contributed by atoms with Crippen LogP contribution in [0.25, 0.3) is 16.8 Å². The van der Waals surface area contributed by atoms with Gasteiger partial charge in [0.1, 0.15) is 35.7 Å². The summed E-state index contributed by atoms with van der Waals surface area (Å²) in [6.45, 7) is 7.96. The number of anilines is 1. The normalized spacial score (nSPS) is 16.9. The molecule has 0 saturated carbocycles. The van der Waals surface area contributed by atoms with Gasteiger partial charge in [0.25, 0.3) is 0 Å². The van der Waals surface area contributed by atoms with E-state index in [0.29, 0.717) is 59.8 Å². The lowest BCUT2D eigenvalue weighted by molar-refractivity contribution is -0.0686. The second kappa shape index (κ2) is 12.9. The van der Waals surface area contributed by atoms with Crippen LogP contribution in [-0.2, 0) is 4.74 Å². The van der Waals surface area contributed by atoms with Gasteiger partial charge in [0.2, 0.25) is 0 Å². The first-order valence-electron chi connectivity index (χ1n) is 15.9. The lowest BCUT2D eigenvalue weighted by atomic mass is 9.75. The number of pyridine rings is 1. The quantitative estimate of drug-likeness (QED) is 0.186. The summed E-state index contributed by atoms with van der Waals surface area (Å²) in [4.78, 5) is 37.9. The van der Waals surface area contributed by atoms with Crippen LogP contribution in [-0.4, -0.2) is 80.4 Å². The second-order valence-electron chi connectivity index (χ2n) is 14.1. The average molecular weight is 692 g/mol. The number of carbonyl (C=O) groups is 2. The molecule has 256 valence electrons. The van der Waals surface area contributed by atoms with Gasteiger partial charge in [0, 0.05) is 30.6 Å². The molecule has 0 atom stereocenters. The fraction of sp³-hybridized carbons (Fsp3) is 0.429. The number of alkyl halides is 1. The number of benzene rings is 1. The Bertz CT molecular complexity index is 1940. The minimum atomic E-state index is -1.75. The molecule has 49 heavy (non-hydrogen) atoms. The van der Waals surface area contributed by atoms with Crippen LogP contribution in [0.15, 0.2) is 49.1 Å². The van der Waals surface area contributed by atoms with Crippen LogP contribution in [0.3, 0.4) is 0 Å². The van der Waals surface area contributed by atoms with E-state index in [1.807, 2.05) is 0 Å². The number of rotatable bonds is 8. The summed E-state index contributed by atoms with van der Waals surface area (Å²) in [5, 5.41) is 14.3. The van der Waals surface area contributed by atoms with E-state index in [0.717, 1.165) is 0 Å². The topological polar surface area (TPSA) is 126 Å². The van der Waals surface area contributed by atoms with Gasteiger partial charge in [-0.15, -0.1) is 0 Å². The molecule has 0 radical (unpaired) electrons. The molecule has 11 nitrogen and oxygen atoms in total. The Labute approximate surface area is 287 Å². The molecular weight excluding hydrogens is 656 g/mol. The highest BCUT2D eigenvalue weighted by Crippen LogP contribution is 2.38. The van der Waals surface area contributed by atoms with E-state index in [1.54, 1.807) is 45.4 Å². The van der Waals surface area contributed by atoms with Crippen molar-refractivity contribution in [2.24, 2.45) is 5.41 Å². The highest BCUT2D eigenvalue weighted by atomic mass is 35.5. The second-order valence-corrected chi connectivity index (χ2v) is 14.5. The number of hydrogen-bond acceptors (Lipinski definition) is 9. The molecule has 0 aliphatic carbocycles. The molecule has 14 heteroatoms. The van der Waals surface area contributed by atoms with E-state index in [1.165, 1.54) is 33.8 Å². The van der Waals surface area contributed by atoms with Gasteiger partial charge in [-0.1, -0.05) is 18.5 Å². The van der Waals surface area contributed by atoms with Crippen molar-refractivity contribution in [3.05, 3.63) is 71.0 Å². The molecule has 1 aromatic carbocycles. The Morgan fingerprint density at radius 3 is 2.49 bits per heavy atom. The average Bonchev–Trinajstić information content (AvgIpc) is 3.46. The zero-order valence-corrected chi connectivity index (χ0v) is 28.4. The number of ether oxygens (including phenoxy) is 2. The van der Waals surface area contributed by atoms with Crippen molar-refractivity contribution in [3.63, 3.8) is 0 Å². The predicted octanol–water partition coefficient (Wildman–Crippen LogP) is 6.67. The number of carbonyl (C=O) groups excluding carboxylic acids is 2. The number of piperidine rings is 1. The van der Waals surface area contributed by atoms with Gasteiger partial charge in [-0.3, -0.25) is 9.78 Å². The summed E-state index contributed by atoms with van der Waals surface area (Å²) in [5.41, 5.74) is -0.697. The maximum Gasteiger partial charge on any atom is 0.410 e. The Balaban J connectivity index is 1.13. The van der Waals surface area contributed by atoms with Crippen molar-refractivity contribution in [3.8, 4) is 23.1 Å². The summed E-state index contributed by atoms with van der Waals surface area (Å²) in [5.74, 6) is 0.275. The van der Waals surface area contributed by atoms with Gasteiger partial charge in [-0.25, -0.2) is 23.1 Å². The maximum absolute atomic E-state index is 15.4. The van der Waals surface area contributed by atoms with Crippen molar-refractivity contribution in [2.75, 3.05) is 37.7 Å². The monoisotopic (exact) mass is 691 g/mol. The number of hydrogen-bond donors (Lipinski definition) is 0. The Kier molecular flexibility index (Phi) is 8.96. The van der Waals surface area contributed by atoms with Crippen LogP contribution >= 0.6 is 11.6 Å². The van der Waals surface area contributed by atoms with Crippen molar-refractivity contribution < 1.29 is 27.8 Å². The van der Waals surface area contributed by atoms with E-state index in [2.05, 4.69) is 33.0 Å². The van der Waals surface area contributed by atoms with Crippen molar-refractivity contribution in [1.29, 1.82) is 5.26 Å². The summed E-state index contributed by atoms with van der Waals surface area (Å²) in [7, 11) is 0. The first-order chi connectivity index (χ1) is 23.1. The van der Waals surface area contributed by atoms with Crippen molar-refractivity contribution in [1.82, 2.24) is 24.5 Å². The molecule has 2 aliphatic rings. The third-order valence-corrected chi connectivity index (χ3v) is 9.16. The number of nitrogens with zero attached hydrogens (tertiary/aromatic N) is 7. The fourth-order valence-electron chi connectivity index (χ4n) is 6.12. The van der Waals surface area contributed by atoms with Crippen molar-refractivity contribution >= 4 is 34.8 Å². The molecule has 0 spiro atoms. The lowest BCUT2D eigenvalue weighted by Gasteiger charge is -2.43. The number of Topliss-reactive ketones (excluding diaryl/α,β-unsaturated/α-hetero) is 1. The Morgan fingerprint density at radius 2 is 1.84 bits per heavy atom. The molecule has 0 bridgehead atoms. The maximum atomic E-state index is 15.4. The molecule has 2 saturated heterocycles. The van der Waals surface area contributed by atoms with Gasteiger partial charge in [0.05, 0.1) is 59.7 Å². The number of fused-ring (bicyclic) bond motifs is 1. The van der Waals surface area contributed by atoms with E-state index >= 15 is 4.39 Å². The molecule has 6 rings (SSSR count). The molecule has 5 heterocycles. The zero-order chi connectivity index (χ0) is 35.1. The number of likely N-dealkylation sites (tertiary alicyclic amines) is 1. The Morgan fingerprint density at radius 1 is 1.10 bits per heavy atom. The van der Waals surface area contributed by atoms with Gasteiger partial charge in [0.15, 0.2) is 11.5 Å². The fourth-order valence-corrected chi connectivity index (χ4v) is 6.34. The van der Waals surface area contributed by atoms with Crippen LogP contribution in [0.1, 0.15) is 62.9 Å². The summed E-state index contributed by atoms with van der Waals surface area (Å²) < 4.78 is 41.8. The van der Waals surface area contributed by atoms with E-state index in [-0.39, 0.29) is 47.9 Å². The van der Waals surface area contributed by atoms with Crippen LogP contribution in [0.5, 0.6) is 5.75 Å². The van der Waals surface area contributed by atoms with E-state index in [4.69, 9.17) is 21.1 Å². The van der Waals surface area contributed by atoms with Crippen molar-refractivity contribution in [2.45, 2.75) is 58.2 Å². The number of aromatic nitrogens is 4. The largest absolute Gasteiger partial charge is 0.488 e. The van der Waals surface area contributed by atoms with Crippen LogP contribution in [0.4, 0.5) is 19.4 Å². The third-order valence-electron chi connectivity index (χ3n) is 8.83. The number of halogens is 3. The summed E-state index contributed by atoms with van der Waals surface area (Å²) >= 11 is 6.17. The molecule has 3 aromatic heterocycles. The van der Waals surface area contributed by atoms with Gasteiger partial charge in [-0.2, -0.15) is 10.4 Å². The number of amides is 1. The van der Waals surface area contributed by atoms with E-state index < -0.39 is 23.2 Å². The molecule has 0 N–H and O–H groups in total. The molecular formula is C35H36ClF2N7O4. The minimum Gasteiger partial charge on any atom is -0.488 e. The Hall–Kier alpha value is -4.83. The van der Waals surface area contributed by atoms with Gasteiger partial charge >= 0.3 is 6.09 Å². The molecule has 4 aromatic rings. The van der Waals surface area contributed by atoms with Crippen LogP contribution < -0.4 is 9.64 Å². The number of nitriles is 1. The summed E-state index contributed by atoms with van der Waals surface area (Å²) in [6, 6.07) is 7.64. The highest BCUT2D eigenvalue weighted by molar-refractivity contribution is 6.34. The van der Waals surface area contributed by atoms with Crippen LogP contribution in [0, 0.1) is 22.6 Å². The lowest BCUT2D eigenvalue weighted by Crippen LogP contribution is -2.64.